The Morgan fingerprint density at radius 1 is 1.38 bits per heavy atom. The summed E-state index contributed by atoms with van der Waals surface area (Å²) in [7, 11) is 0. The smallest absolute Gasteiger partial charge is 0.410 e. The van der Waals surface area contributed by atoms with E-state index < -0.39 is 36.2 Å². The Bertz CT molecular complexity index is 557. The minimum absolute atomic E-state index is 0.0286. The van der Waals surface area contributed by atoms with Crippen LogP contribution in [0.1, 0.15) is 45.3 Å². The van der Waals surface area contributed by atoms with Crippen LogP contribution >= 0.6 is 0 Å². The van der Waals surface area contributed by atoms with Gasteiger partial charge in [0, 0.05) is 12.5 Å². The molecule has 1 aliphatic rings. The first-order valence-electron chi connectivity index (χ1n) is 8.17. The number of aliphatic hydroxyl groups is 1. The fourth-order valence-corrected chi connectivity index (χ4v) is 2.84. The second-order valence-electron chi connectivity index (χ2n) is 7.31. The van der Waals surface area contributed by atoms with Gasteiger partial charge in [-0.25, -0.2) is 13.6 Å². The maximum atomic E-state index is 14.4. The van der Waals surface area contributed by atoms with Crippen molar-refractivity contribution in [2.45, 2.75) is 51.2 Å². The Labute approximate surface area is 141 Å². The number of hydrogen-bond acceptors (Lipinski definition) is 3. The number of aliphatic hydroxyl groups excluding tert-OH is 1. The van der Waals surface area contributed by atoms with Crippen LogP contribution in [0, 0.1) is 5.92 Å². The summed E-state index contributed by atoms with van der Waals surface area (Å²) in [6, 6.07) is 8.78. The van der Waals surface area contributed by atoms with Crippen LogP contribution in [-0.4, -0.2) is 40.7 Å². The van der Waals surface area contributed by atoms with Crippen molar-refractivity contribution < 1.29 is 23.4 Å². The molecule has 1 amide bonds. The van der Waals surface area contributed by atoms with E-state index >= 15 is 0 Å². The van der Waals surface area contributed by atoms with Crippen molar-refractivity contribution in [3.8, 4) is 0 Å². The Kier molecular flexibility index (Phi) is 5.48. The molecule has 1 aliphatic heterocycles. The van der Waals surface area contributed by atoms with Crippen LogP contribution in [0.3, 0.4) is 0 Å². The number of rotatable bonds is 3. The molecule has 0 aromatic heterocycles. The molecule has 24 heavy (non-hydrogen) atoms. The fourth-order valence-electron chi connectivity index (χ4n) is 2.84. The van der Waals surface area contributed by atoms with Crippen molar-refractivity contribution in [2.24, 2.45) is 5.92 Å². The number of nitrogens with zero attached hydrogens (tertiary/aromatic N) is 1. The van der Waals surface area contributed by atoms with Gasteiger partial charge in [0.15, 0.2) is 0 Å². The number of carbonyl (C=O) groups excluding carboxylic acids is 1. The molecule has 1 heterocycles. The van der Waals surface area contributed by atoms with Gasteiger partial charge in [-0.05, 0) is 39.2 Å². The molecule has 1 aromatic carbocycles. The second-order valence-corrected chi connectivity index (χ2v) is 7.31. The fraction of sp³-hybridized carbons (Fsp3) is 0.611. The number of hydrogen-bond donors (Lipinski definition) is 1. The van der Waals surface area contributed by atoms with Gasteiger partial charge in [0.2, 0.25) is 0 Å². The summed E-state index contributed by atoms with van der Waals surface area (Å²) >= 11 is 0. The molecule has 1 N–H and O–H groups in total. The average Bonchev–Trinajstić information content (AvgIpc) is 2.48. The number of carbonyl (C=O) groups is 1. The second kappa shape index (κ2) is 7.05. The van der Waals surface area contributed by atoms with Gasteiger partial charge < -0.3 is 14.7 Å². The molecule has 2 atom stereocenters. The van der Waals surface area contributed by atoms with Crippen LogP contribution in [0.2, 0.25) is 0 Å². The number of likely N-dealkylation sites (tertiary alicyclic amines) is 1. The van der Waals surface area contributed by atoms with E-state index in [-0.39, 0.29) is 19.4 Å². The van der Waals surface area contributed by atoms with E-state index in [1.807, 2.05) is 6.07 Å². The molecule has 0 bridgehead atoms. The van der Waals surface area contributed by atoms with E-state index in [0.717, 1.165) is 4.90 Å². The topological polar surface area (TPSA) is 49.8 Å². The quantitative estimate of drug-likeness (QED) is 0.904. The van der Waals surface area contributed by atoms with Gasteiger partial charge >= 0.3 is 6.09 Å². The molecule has 1 aromatic rings. The highest BCUT2D eigenvalue weighted by Crippen LogP contribution is 2.38. The molecule has 1 fully saturated rings. The molecule has 0 radical (unpaired) electrons. The summed E-state index contributed by atoms with van der Waals surface area (Å²) in [6.07, 6.45) is -1.55. The third-order valence-electron chi connectivity index (χ3n) is 4.09. The summed E-state index contributed by atoms with van der Waals surface area (Å²) in [4.78, 5) is 13.0. The highest BCUT2D eigenvalue weighted by atomic mass is 19.3. The zero-order valence-electron chi connectivity index (χ0n) is 14.3. The maximum Gasteiger partial charge on any atom is 0.410 e. The largest absolute Gasteiger partial charge is 0.444 e. The number of piperidine rings is 1. The van der Waals surface area contributed by atoms with Gasteiger partial charge in [-0.2, -0.15) is 0 Å². The van der Waals surface area contributed by atoms with Crippen LogP contribution in [-0.2, 0) is 4.74 Å². The highest BCUT2D eigenvalue weighted by Gasteiger charge is 2.47. The minimum atomic E-state index is -3.05. The summed E-state index contributed by atoms with van der Waals surface area (Å²) in [6.45, 7) is 4.63. The lowest BCUT2D eigenvalue weighted by molar-refractivity contribution is -0.120. The Morgan fingerprint density at radius 2 is 2.00 bits per heavy atom. The zero-order valence-corrected chi connectivity index (χ0v) is 14.3. The third kappa shape index (κ3) is 4.90. The molecule has 1 saturated heterocycles. The molecule has 2 unspecified atom stereocenters. The van der Waals surface area contributed by atoms with Gasteiger partial charge in [-0.3, -0.25) is 0 Å². The molecule has 2 rings (SSSR count). The third-order valence-corrected chi connectivity index (χ3v) is 4.09. The number of alkyl halides is 2. The number of halogens is 2. The van der Waals surface area contributed by atoms with Crippen molar-refractivity contribution in [1.82, 2.24) is 4.90 Å². The van der Waals surface area contributed by atoms with Crippen LogP contribution < -0.4 is 0 Å². The van der Waals surface area contributed by atoms with E-state index in [9.17, 15) is 18.7 Å². The Morgan fingerprint density at radius 3 is 2.54 bits per heavy atom. The monoisotopic (exact) mass is 341 g/mol. The predicted octanol–water partition coefficient (Wildman–Crippen LogP) is 4.00. The minimum Gasteiger partial charge on any atom is -0.444 e. The molecule has 134 valence electrons. The van der Waals surface area contributed by atoms with Crippen molar-refractivity contribution in [1.29, 1.82) is 0 Å². The van der Waals surface area contributed by atoms with Crippen LogP contribution in [0.5, 0.6) is 0 Å². The maximum absolute atomic E-state index is 14.4. The van der Waals surface area contributed by atoms with E-state index in [4.69, 9.17) is 4.74 Å². The molecule has 0 aliphatic carbocycles. The molecule has 6 heteroatoms. The molecule has 4 nitrogen and oxygen atoms in total. The van der Waals surface area contributed by atoms with Crippen molar-refractivity contribution >= 4 is 6.09 Å². The SMILES string of the molecule is CC(C)(C)OC(=O)N1CCC(CC(O)c2ccccc2)C(F)(F)C1. The van der Waals surface area contributed by atoms with Gasteiger partial charge in [0.25, 0.3) is 5.92 Å². The summed E-state index contributed by atoms with van der Waals surface area (Å²) < 4.78 is 34.0. The lowest BCUT2D eigenvalue weighted by Gasteiger charge is -2.39. The number of ether oxygens (including phenoxy) is 1. The van der Waals surface area contributed by atoms with Gasteiger partial charge in [0.1, 0.15) is 5.60 Å². The normalized spacial score (nSPS) is 22.1. The highest BCUT2D eigenvalue weighted by molar-refractivity contribution is 5.68. The van der Waals surface area contributed by atoms with E-state index in [2.05, 4.69) is 0 Å². The van der Waals surface area contributed by atoms with E-state index in [1.54, 1.807) is 45.0 Å². The summed E-state index contributed by atoms with van der Waals surface area (Å²) in [5.74, 6) is -4.02. The zero-order chi connectivity index (χ0) is 18.0. The molecular weight excluding hydrogens is 316 g/mol. The van der Waals surface area contributed by atoms with Gasteiger partial charge in [-0.15, -0.1) is 0 Å². The molecule has 0 spiro atoms. The first-order chi connectivity index (χ1) is 11.1. The van der Waals surface area contributed by atoms with Crippen molar-refractivity contribution in [3.63, 3.8) is 0 Å². The lowest BCUT2D eigenvalue weighted by atomic mass is 9.86. The van der Waals surface area contributed by atoms with Crippen LogP contribution in [0.4, 0.5) is 13.6 Å². The van der Waals surface area contributed by atoms with Crippen molar-refractivity contribution in [2.75, 3.05) is 13.1 Å². The molecule has 0 saturated carbocycles. The first kappa shape index (κ1) is 18.6. The first-order valence-corrected chi connectivity index (χ1v) is 8.17. The Balaban J connectivity index is 1.97. The van der Waals surface area contributed by atoms with Gasteiger partial charge in [0.05, 0.1) is 12.6 Å². The van der Waals surface area contributed by atoms with Gasteiger partial charge in [-0.1, -0.05) is 30.3 Å². The van der Waals surface area contributed by atoms with Crippen LogP contribution in [0.15, 0.2) is 30.3 Å². The Hall–Kier alpha value is -1.69. The molecular formula is C18H25F2NO3. The summed E-state index contributed by atoms with van der Waals surface area (Å²) in [5.41, 5.74) is -0.0879. The van der Waals surface area contributed by atoms with Crippen LogP contribution in [0.25, 0.3) is 0 Å². The number of benzene rings is 1. The lowest BCUT2D eigenvalue weighted by Crippen LogP contribution is -2.52. The number of amides is 1. The predicted molar refractivity (Wildman–Crippen MR) is 86.9 cm³/mol. The van der Waals surface area contributed by atoms with E-state index in [1.165, 1.54) is 0 Å². The van der Waals surface area contributed by atoms with E-state index in [0.29, 0.717) is 5.56 Å². The summed E-state index contributed by atoms with van der Waals surface area (Å²) in [5, 5.41) is 10.2. The average molecular weight is 341 g/mol. The van der Waals surface area contributed by atoms with Crippen molar-refractivity contribution in [3.05, 3.63) is 35.9 Å². The standard InChI is InChI=1S/C18H25F2NO3/c1-17(2,3)24-16(23)21-10-9-14(18(19,20)12-21)11-15(22)13-7-5-4-6-8-13/h4-8,14-15,22H,9-12H2,1-3H3.